The lowest BCUT2D eigenvalue weighted by molar-refractivity contribution is 0.111. The molecule has 4 heteroatoms. The zero-order valence-corrected chi connectivity index (χ0v) is 5.68. The molecule has 1 heterocycles. The highest BCUT2D eigenvalue weighted by Gasteiger charge is 2.00. The second-order valence-corrected chi connectivity index (χ2v) is 2.07. The van der Waals surface area contributed by atoms with Gasteiger partial charge in [0.2, 0.25) is 5.43 Å². The fourth-order valence-electron chi connectivity index (χ4n) is 0.562. The van der Waals surface area contributed by atoms with Gasteiger partial charge in [0.05, 0.1) is 0 Å². The molecule has 0 aromatic carbocycles. The minimum absolute atomic E-state index is 0.0579. The van der Waals surface area contributed by atoms with Crippen molar-refractivity contribution in [1.29, 1.82) is 0 Å². The summed E-state index contributed by atoms with van der Waals surface area (Å²) in [6.07, 6.45) is 1.88. The van der Waals surface area contributed by atoms with Crippen LogP contribution < -0.4 is 5.43 Å². The van der Waals surface area contributed by atoms with Crippen LogP contribution in [-0.2, 0) is 0 Å². The Bertz CT molecular complexity index is 305. The first-order chi connectivity index (χ1) is 4.75. The number of halogens is 1. The SMILES string of the molecule is O=Cc1[nH]ccc(=O)c1Cl. The van der Waals surface area contributed by atoms with Gasteiger partial charge in [0.1, 0.15) is 10.7 Å². The molecule has 0 radical (unpaired) electrons. The molecule has 0 fully saturated rings. The van der Waals surface area contributed by atoms with E-state index in [4.69, 9.17) is 11.6 Å². The minimum atomic E-state index is -0.345. The number of aromatic nitrogens is 1. The van der Waals surface area contributed by atoms with Crippen molar-refractivity contribution in [3.8, 4) is 0 Å². The molecule has 0 amide bonds. The summed E-state index contributed by atoms with van der Waals surface area (Å²) in [6, 6.07) is 1.26. The predicted molar refractivity (Wildman–Crippen MR) is 37.5 cm³/mol. The van der Waals surface area contributed by atoms with E-state index >= 15 is 0 Å². The van der Waals surface area contributed by atoms with Crippen molar-refractivity contribution in [2.45, 2.75) is 0 Å². The Balaban J connectivity index is 3.41. The maximum atomic E-state index is 10.7. The van der Waals surface area contributed by atoms with Gasteiger partial charge in [0, 0.05) is 12.3 Å². The van der Waals surface area contributed by atoms with Crippen molar-refractivity contribution in [3.05, 3.63) is 33.2 Å². The zero-order chi connectivity index (χ0) is 7.56. The van der Waals surface area contributed by atoms with Crippen LogP contribution in [0.5, 0.6) is 0 Å². The number of aromatic amines is 1. The van der Waals surface area contributed by atoms with Crippen molar-refractivity contribution in [2.75, 3.05) is 0 Å². The third-order valence-electron chi connectivity index (χ3n) is 1.04. The average molecular weight is 158 g/mol. The summed E-state index contributed by atoms with van der Waals surface area (Å²) in [5.41, 5.74) is -0.225. The topological polar surface area (TPSA) is 49.9 Å². The maximum Gasteiger partial charge on any atom is 0.200 e. The van der Waals surface area contributed by atoms with Gasteiger partial charge in [-0.25, -0.2) is 0 Å². The Labute approximate surface area is 61.6 Å². The Hall–Kier alpha value is -1.09. The summed E-state index contributed by atoms with van der Waals surface area (Å²) in [4.78, 5) is 23.3. The van der Waals surface area contributed by atoms with Crippen LogP contribution in [0.1, 0.15) is 10.5 Å². The van der Waals surface area contributed by atoms with Crippen molar-refractivity contribution in [3.63, 3.8) is 0 Å². The smallest absolute Gasteiger partial charge is 0.200 e. The largest absolute Gasteiger partial charge is 0.358 e. The van der Waals surface area contributed by atoms with Crippen LogP contribution >= 0.6 is 11.6 Å². The summed E-state index contributed by atoms with van der Waals surface area (Å²) in [6.45, 7) is 0. The number of carbonyl (C=O) groups is 1. The quantitative estimate of drug-likeness (QED) is 0.615. The van der Waals surface area contributed by atoms with Crippen LogP contribution in [0.4, 0.5) is 0 Å². The highest BCUT2D eigenvalue weighted by molar-refractivity contribution is 6.32. The zero-order valence-electron chi connectivity index (χ0n) is 4.93. The second kappa shape index (κ2) is 2.66. The van der Waals surface area contributed by atoms with Crippen molar-refractivity contribution >= 4 is 17.9 Å². The lowest BCUT2D eigenvalue weighted by atomic mass is 10.4. The van der Waals surface area contributed by atoms with Crippen LogP contribution in [0.2, 0.25) is 5.02 Å². The minimum Gasteiger partial charge on any atom is -0.358 e. The van der Waals surface area contributed by atoms with Gasteiger partial charge in [0.15, 0.2) is 6.29 Å². The standard InChI is InChI=1S/C6H4ClNO2/c7-6-4(3-9)8-2-1-5(6)10/h1-3H,(H,8,10). The summed E-state index contributed by atoms with van der Waals surface area (Å²) >= 11 is 5.42. The van der Waals surface area contributed by atoms with E-state index in [1.54, 1.807) is 0 Å². The first-order valence-corrected chi connectivity index (χ1v) is 2.96. The van der Waals surface area contributed by atoms with E-state index < -0.39 is 0 Å². The van der Waals surface area contributed by atoms with E-state index in [0.29, 0.717) is 6.29 Å². The van der Waals surface area contributed by atoms with Crippen LogP contribution in [0.25, 0.3) is 0 Å². The molecular formula is C6H4ClNO2. The van der Waals surface area contributed by atoms with Gasteiger partial charge < -0.3 is 4.98 Å². The molecule has 3 nitrogen and oxygen atoms in total. The molecule has 0 aliphatic rings. The molecular weight excluding hydrogens is 154 g/mol. The monoisotopic (exact) mass is 157 g/mol. The molecule has 0 aliphatic heterocycles. The number of carbonyl (C=O) groups excluding carboxylic acids is 1. The Morgan fingerprint density at radius 3 is 2.80 bits per heavy atom. The fraction of sp³-hybridized carbons (Fsp3) is 0. The van der Waals surface area contributed by atoms with Gasteiger partial charge >= 0.3 is 0 Å². The molecule has 1 aromatic rings. The molecule has 0 aliphatic carbocycles. The molecule has 10 heavy (non-hydrogen) atoms. The first-order valence-electron chi connectivity index (χ1n) is 2.58. The number of aldehydes is 1. The molecule has 1 N–H and O–H groups in total. The van der Waals surface area contributed by atoms with Gasteiger partial charge in [-0.15, -0.1) is 0 Å². The number of rotatable bonds is 1. The lowest BCUT2D eigenvalue weighted by Gasteiger charge is -1.90. The predicted octanol–water partition coefficient (Wildman–Crippen LogP) is 0.841. The third-order valence-corrected chi connectivity index (χ3v) is 1.43. The highest BCUT2D eigenvalue weighted by atomic mass is 35.5. The van der Waals surface area contributed by atoms with Crippen LogP contribution in [-0.4, -0.2) is 11.3 Å². The van der Waals surface area contributed by atoms with E-state index in [1.807, 2.05) is 0 Å². The van der Waals surface area contributed by atoms with E-state index in [-0.39, 0.29) is 16.1 Å². The first kappa shape index (κ1) is 7.02. The van der Waals surface area contributed by atoms with Crippen molar-refractivity contribution in [2.24, 2.45) is 0 Å². The second-order valence-electron chi connectivity index (χ2n) is 1.69. The fourth-order valence-corrected chi connectivity index (χ4v) is 0.724. The van der Waals surface area contributed by atoms with Crippen molar-refractivity contribution in [1.82, 2.24) is 4.98 Å². The summed E-state index contributed by atoms with van der Waals surface area (Å²) in [5, 5.41) is -0.0579. The number of hydrogen-bond donors (Lipinski definition) is 1. The average Bonchev–Trinajstić information content (AvgIpc) is 1.95. The number of H-pyrrole nitrogens is 1. The molecule has 0 saturated heterocycles. The Kier molecular flexibility index (Phi) is 1.87. The van der Waals surface area contributed by atoms with E-state index in [9.17, 15) is 9.59 Å². The molecule has 0 atom stereocenters. The van der Waals surface area contributed by atoms with Gasteiger partial charge in [0.25, 0.3) is 0 Å². The van der Waals surface area contributed by atoms with E-state index in [2.05, 4.69) is 4.98 Å². The number of hydrogen-bond acceptors (Lipinski definition) is 2. The Morgan fingerprint density at radius 1 is 1.60 bits per heavy atom. The van der Waals surface area contributed by atoms with Gasteiger partial charge in [-0.05, 0) is 0 Å². The number of pyridine rings is 1. The van der Waals surface area contributed by atoms with Gasteiger partial charge in [-0.3, -0.25) is 9.59 Å². The lowest BCUT2D eigenvalue weighted by Crippen LogP contribution is -2.03. The summed E-state index contributed by atoms with van der Waals surface area (Å²) < 4.78 is 0. The Morgan fingerprint density at radius 2 is 2.30 bits per heavy atom. The van der Waals surface area contributed by atoms with E-state index in [0.717, 1.165) is 0 Å². The summed E-state index contributed by atoms with van der Waals surface area (Å²) in [5.74, 6) is 0. The van der Waals surface area contributed by atoms with Crippen LogP contribution in [0.3, 0.4) is 0 Å². The molecule has 0 saturated carbocycles. The molecule has 0 unspecified atom stereocenters. The summed E-state index contributed by atoms with van der Waals surface area (Å²) in [7, 11) is 0. The normalized spacial score (nSPS) is 9.30. The van der Waals surface area contributed by atoms with Crippen LogP contribution in [0, 0.1) is 0 Å². The van der Waals surface area contributed by atoms with E-state index in [1.165, 1.54) is 12.3 Å². The number of nitrogens with one attached hydrogen (secondary N) is 1. The molecule has 52 valence electrons. The van der Waals surface area contributed by atoms with Gasteiger partial charge in [-0.1, -0.05) is 11.6 Å². The van der Waals surface area contributed by atoms with Gasteiger partial charge in [-0.2, -0.15) is 0 Å². The molecule has 0 spiro atoms. The van der Waals surface area contributed by atoms with Crippen molar-refractivity contribution < 1.29 is 4.79 Å². The molecule has 1 rings (SSSR count). The third kappa shape index (κ3) is 1.09. The molecule has 1 aromatic heterocycles. The molecule has 0 bridgehead atoms. The highest BCUT2D eigenvalue weighted by Crippen LogP contribution is 2.02. The maximum absolute atomic E-state index is 10.7. The van der Waals surface area contributed by atoms with Crippen LogP contribution in [0.15, 0.2) is 17.1 Å².